The van der Waals surface area contributed by atoms with Gasteiger partial charge in [-0.3, -0.25) is 4.98 Å². The first-order chi connectivity index (χ1) is 8.76. The monoisotopic (exact) mass is 297 g/mol. The van der Waals surface area contributed by atoms with Crippen molar-refractivity contribution in [3.05, 3.63) is 40.0 Å². The van der Waals surface area contributed by atoms with Gasteiger partial charge < -0.3 is 4.74 Å². The molecule has 0 spiro atoms. The highest BCUT2D eigenvalue weighted by atomic mass is 35.5. The highest BCUT2D eigenvalue weighted by Gasteiger charge is 2.20. The summed E-state index contributed by atoms with van der Waals surface area (Å²) in [6.07, 6.45) is 1.54. The molecule has 1 aromatic heterocycles. The molecule has 100 valence electrons. The van der Waals surface area contributed by atoms with E-state index in [1.54, 1.807) is 39.0 Å². The van der Waals surface area contributed by atoms with E-state index in [0.29, 0.717) is 21.1 Å². The van der Waals surface area contributed by atoms with E-state index in [9.17, 15) is 4.79 Å². The normalized spacial score (nSPS) is 11.6. The molecule has 0 aliphatic rings. The molecule has 1 aromatic carbocycles. The van der Waals surface area contributed by atoms with Crippen LogP contribution in [0.3, 0.4) is 0 Å². The van der Waals surface area contributed by atoms with E-state index in [0.717, 1.165) is 5.39 Å². The van der Waals surface area contributed by atoms with Crippen molar-refractivity contribution in [3.8, 4) is 0 Å². The summed E-state index contributed by atoms with van der Waals surface area (Å²) in [4.78, 5) is 16.2. The van der Waals surface area contributed by atoms with Crippen LogP contribution in [0, 0.1) is 0 Å². The second-order valence-corrected chi connectivity index (χ2v) is 6.02. The van der Waals surface area contributed by atoms with Crippen LogP contribution in [0.25, 0.3) is 10.9 Å². The summed E-state index contributed by atoms with van der Waals surface area (Å²) in [5.74, 6) is -0.459. The van der Waals surface area contributed by atoms with Crippen LogP contribution in [-0.4, -0.2) is 16.6 Å². The van der Waals surface area contributed by atoms with Gasteiger partial charge in [0.25, 0.3) is 0 Å². The van der Waals surface area contributed by atoms with Gasteiger partial charge in [0.1, 0.15) is 5.60 Å². The molecule has 0 saturated heterocycles. The Labute approximate surface area is 121 Å². The zero-order chi connectivity index (χ0) is 14.2. The molecule has 0 aliphatic carbocycles. The summed E-state index contributed by atoms with van der Waals surface area (Å²) in [7, 11) is 0. The van der Waals surface area contributed by atoms with Crippen molar-refractivity contribution in [2.75, 3.05) is 0 Å². The minimum absolute atomic E-state index is 0.313. The Morgan fingerprint density at radius 1 is 1.21 bits per heavy atom. The maximum absolute atomic E-state index is 12.0. The van der Waals surface area contributed by atoms with Gasteiger partial charge in [-0.2, -0.15) is 0 Å². The van der Waals surface area contributed by atoms with E-state index in [-0.39, 0.29) is 0 Å². The summed E-state index contributed by atoms with van der Waals surface area (Å²) in [6, 6.07) is 5.01. The number of pyridine rings is 1. The SMILES string of the molecule is CC(C)(C)OC(=O)c1cc2cc(Cl)cnc2cc1Cl. The maximum Gasteiger partial charge on any atom is 0.340 e. The number of carbonyl (C=O) groups is 1. The van der Waals surface area contributed by atoms with E-state index < -0.39 is 11.6 Å². The number of hydrogen-bond acceptors (Lipinski definition) is 3. The minimum atomic E-state index is -0.568. The molecule has 0 radical (unpaired) electrons. The van der Waals surface area contributed by atoms with Gasteiger partial charge in [0.05, 0.1) is 21.1 Å². The third kappa shape index (κ3) is 3.37. The summed E-state index contributed by atoms with van der Waals surface area (Å²) in [5, 5.41) is 1.57. The molecule has 0 amide bonds. The summed E-state index contributed by atoms with van der Waals surface area (Å²) in [6.45, 7) is 5.41. The minimum Gasteiger partial charge on any atom is -0.456 e. The molecule has 0 N–H and O–H groups in total. The number of hydrogen-bond donors (Lipinski definition) is 0. The third-order valence-electron chi connectivity index (χ3n) is 2.36. The molecule has 19 heavy (non-hydrogen) atoms. The molecule has 5 heteroatoms. The number of carbonyl (C=O) groups excluding carboxylic acids is 1. The molecule has 0 fully saturated rings. The van der Waals surface area contributed by atoms with Crippen LogP contribution in [0.15, 0.2) is 24.4 Å². The Hall–Kier alpha value is -1.32. The third-order valence-corrected chi connectivity index (χ3v) is 2.87. The highest BCUT2D eigenvalue weighted by molar-refractivity contribution is 6.34. The number of fused-ring (bicyclic) bond motifs is 1. The Morgan fingerprint density at radius 3 is 2.53 bits per heavy atom. The number of nitrogens with zero attached hydrogens (tertiary/aromatic N) is 1. The molecular formula is C14H13Cl2NO2. The Balaban J connectivity index is 2.48. The van der Waals surface area contributed by atoms with Crippen molar-refractivity contribution >= 4 is 40.1 Å². The topological polar surface area (TPSA) is 39.2 Å². The van der Waals surface area contributed by atoms with Crippen molar-refractivity contribution in [2.45, 2.75) is 26.4 Å². The smallest absolute Gasteiger partial charge is 0.340 e. The van der Waals surface area contributed by atoms with Gasteiger partial charge in [0, 0.05) is 11.6 Å². The number of benzene rings is 1. The second-order valence-electron chi connectivity index (χ2n) is 5.18. The average molecular weight is 298 g/mol. The number of aromatic nitrogens is 1. The van der Waals surface area contributed by atoms with Crippen molar-refractivity contribution < 1.29 is 9.53 Å². The Bertz CT molecular complexity index is 648. The highest BCUT2D eigenvalue weighted by Crippen LogP contribution is 2.26. The van der Waals surface area contributed by atoms with Crippen LogP contribution in [0.2, 0.25) is 10.0 Å². The lowest BCUT2D eigenvalue weighted by molar-refractivity contribution is 0.00699. The molecule has 3 nitrogen and oxygen atoms in total. The van der Waals surface area contributed by atoms with E-state index in [2.05, 4.69) is 4.98 Å². The largest absolute Gasteiger partial charge is 0.456 e. The molecule has 0 atom stereocenters. The number of ether oxygens (including phenoxy) is 1. The molecule has 2 aromatic rings. The van der Waals surface area contributed by atoms with Gasteiger partial charge in [0.2, 0.25) is 0 Å². The van der Waals surface area contributed by atoms with Crippen molar-refractivity contribution in [1.82, 2.24) is 4.98 Å². The van der Waals surface area contributed by atoms with Gasteiger partial charge in [0.15, 0.2) is 0 Å². The van der Waals surface area contributed by atoms with Gasteiger partial charge in [-0.15, -0.1) is 0 Å². The van der Waals surface area contributed by atoms with Gasteiger partial charge in [-0.25, -0.2) is 4.79 Å². The van der Waals surface area contributed by atoms with E-state index in [1.807, 2.05) is 0 Å². The van der Waals surface area contributed by atoms with Gasteiger partial charge in [-0.05, 0) is 39.0 Å². The predicted octanol–water partition coefficient (Wildman–Crippen LogP) is 4.50. The van der Waals surface area contributed by atoms with E-state index in [4.69, 9.17) is 27.9 Å². The summed E-state index contributed by atoms with van der Waals surface area (Å²) < 4.78 is 5.31. The van der Waals surface area contributed by atoms with Crippen molar-refractivity contribution in [3.63, 3.8) is 0 Å². The van der Waals surface area contributed by atoms with Crippen LogP contribution in [0.1, 0.15) is 31.1 Å². The Morgan fingerprint density at radius 2 is 1.89 bits per heavy atom. The van der Waals surface area contributed by atoms with E-state index >= 15 is 0 Å². The zero-order valence-electron chi connectivity index (χ0n) is 10.8. The quantitative estimate of drug-likeness (QED) is 0.728. The number of halogens is 2. The Kier molecular flexibility index (Phi) is 3.70. The summed E-state index contributed by atoms with van der Waals surface area (Å²) in [5.41, 5.74) is 0.428. The average Bonchev–Trinajstić information content (AvgIpc) is 2.26. The fraction of sp³-hybridized carbons (Fsp3) is 0.286. The van der Waals surface area contributed by atoms with Crippen LogP contribution < -0.4 is 0 Å². The van der Waals surface area contributed by atoms with Crippen molar-refractivity contribution in [2.24, 2.45) is 0 Å². The lowest BCUT2D eigenvalue weighted by Gasteiger charge is -2.20. The first-order valence-electron chi connectivity index (χ1n) is 5.74. The standard InChI is InChI=1S/C14H13Cl2NO2/c1-14(2,3)19-13(18)10-5-8-4-9(15)7-17-12(8)6-11(10)16/h4-7H,1-3H3. The molecule has 0 unspecified atom stereocenters. The first-order valence-corrected chi connectivity index (χ1v) is 6.50. The van der Waals surface area contributed by atoms with Gasteiger partial charge >= 0.3 is 5.97 Å². The first kappa shape index (κ1) is 14.1. The van der Waals surface area contributed by atoms with Crippen LogP contribution in [0.4, 0.5) is 0 Å². The molecule has 0 bridgehead atoms. The van der Waals surface area contributed by atoms with E-state index in [1.165, 1.54) is 6.20 Å². The summed E-state index contributed by atoms with van der Waals surface area (Å²) >= 11 is 12.0. The lowest BCUT2D eigenvalue weighted by Crippen LogP contribution is -2.24. The molecule has 0 aliphatic heterocycles. The number of rotatable bonds is 1. The molecule has 0 saturated carbocycles. The van der Waals surface area contributed by atoms with Crippen LogP contribution in [-0.2, 0) is 4.74 Å². The molecule has 2 rings (SSSR count). The second kappa shape index (κ2) is 4.99. The van der Waals surface area contributed by atoms with Crippen LogP contribution in [0.5, 0.6) is 0 Å². The molecule has 1 heterocycles. The van der Waals surface area contributed by atoms with Crippen molar-refractivity contribution in [1.29, 1.82) is 0 Å². The predicted molar refractivity (Wildman–Crippen MR) is 76.9 cm³/mol. The molecular weight excluding hydrogens is 285 g/mol. The van der Waals surface area contributed by atoms with Gasteiger partial charge in [-0.1, -0.05) is 23.2 Å². The maximum atomic E-state index is 12.0. The lowest BCUT2D eigenvalue weighted by atomic mass is 10.1. The fourth-order valence-corrected chi connectivity index (χ4v) is 2.01. The zero-order valence-corrected chi connectivity index (χ0v) is 12.3. The van der Waals surface area contributed by atoms with Crippen LogP contribution >= 0.6 is 23.2 Å². The number of esters is 1. The fourth-order valence-electron chi connectivity index (χ4n) is 1.61.